The smallest absolute Gasteiger partial charge is 0.0622 e. The molecule has 8 rings (SSSR count). The molecule has 0 nitrogen and oxygen atoms in total. The summed E-state index contributed by atoms with van der Waals surface area (Å²) in [6.07, 6.45) is 0.0427. The van der Waals surface area contributed by atoms with Crippen LogP contribution >= 0.6 is 0 Å². The molecular formula is C40H28. The molecule has 0 heteroatoms. The van der Waals surface area contributed by atoms with E-state index in [1.807, 2.05) is 0 Å². The molecule has 0 saturated heterocycles. The van der Waals surface area contributed by atoms with Gasteiger partial charge in [-0.2, -0.15) is 0 Å². The van der Waals surface area contributed by atoms with Crippen molar-refractivity contribution in [2.24, 2.45) is 0 Å². The van der Waals surface area contributed by atoms with Crippen LogP contribution in [-0.2, 0) is 6.42 Å². The van der Waals surface area contributed by atoms with Crippen molar-refractivity contribution in [3.63, 3.8) is 0 Å². The fraction of sp³-hybridized carbons (Fsp3) is 0.0500. The first kappa shape index (κ1) is 10.9. The molecule has 0 bridgehead atoms. The van der Waals surface area contributed by atoms with Gasteiger partial charge in [0.25, 0.3) is 0 Å². The van der Waals surface area contributed by atoms with Gasteiger partial charge in [0.05, 0.1) is 26.0 Å². The second-order valence-corrected chi connectivity index (χ2v) is 9.25. The minimum atomic E-state index is -0.795. The van der Waals surface area contributed by atoms with Crippen molar-refractivity contribution < 1.29 is 26.0 Å². The molecule has 0 aromatic heterocycles. The van der Waals surface area contributed by atoms with Crippen LogP contribution in [0.15, 0.2) is 139 Å². The molecule has 0 aliphatic rings. The molecule has 0 fully saturated rings. The first-order valence-electron chi connectivity index (χ1n) is 22.1. The summed E-state index contributed by atoms with van der Waals surface area (Å²) in [6, 6.07) is -6.13. The highest BCUT2D eigenvalue weighted by atomic mass is 14.2. The van der Waals surface area contributed by atoms with E-state index in [0.29, 0.717) is 0 Å². The quantitative estimate of drug-likeness (QED) is 0.158. The summed E-state index contributed by atoms with van der Waals surface area (Å²) in [5.41, 5.74) is -0.541. The fourth-order valence-electron chi connectivity index (χ4n) is 5.52. The predicted molar refractivity (Wildman–Crippen MR) is 174 cm³/mol. The van der Waals surface area contributed by atoms with Gasteiger partial charge in [0, 0.05) is 0 Å². The van der Waals surface area contributed by atoms with E-state index in [4.69, 9.17) is 13.7 Å². The van der Waals surface area contributed by atoms with Crippen molar-refractivity contribution in [3.05, 3.63) is 145 Å². The van der Waals surface area contributed by atoms with E-state index in [0.717, 1.165) is 0 Å². The average Bonchev–Trinajstić information content (AvgIpc) is 3.22. The number of aryl methyl sites for hydroxylation is 1. The van der Waals surface area contributed by atoms with Crippen LogP contribution in [0.1, 0.15) is 38.5 Å². The first-order valence-corrected chi connectivity index (χ1v) is 12.6. The summed E-state index contributed by atoms with van der Waals surface area (Å²) in [5.74, 6) is 0. The second kappa shape index (κ2) is 9.07. The van der Waals surface area contributed by atoms with Crippen molar-refractivity contribution in [3.8, 4) is 22.3 Å². The molecule has 0 radical (unpaired) electrons. The first-order chi connectivity index (χ1) is 27.7. The molecule has 0 atom stereocenters. The fourth-order valence-corrected chi connectivity index (χ4v) is 5.52. The second-order valence-electron chi connectivity index (χ2n) is 9.25. The standard InChI is InChI=1S/C40H28/c1-2-28-29-16-7-6-15-27(29)25-38-30-21-12-22-33(32(30)24-23-31(28)38)40-36-19-10-8-17-34(36)39(26-13-4-3-5-14-26)35-18-9-11-20-37(35)40/h3-25H,2H2,1H3/i3D,6D,7D,8D,9D,10D,11D,12D,15D,16D,17D,18D,19D,20D,21D,22D,23D,24D,25D. The van der Waals surface area contributed by atoms with Crippen molar-refractivity contribution in [1.29, 1.82) is 0 Å². The van der Waals surface area contributed by atoms with Gasteiger partial charge in [-0.3, -0.25) is 0 Å². The molecule has 0 amide bonds. The summed E-state index contributed by atoms with van der Waals surface area (Å²) in [7, 11) is 0. The highest BCUT2D eigenvalue weighted by Crippen LogP contribution is 2.46. The Kier molecular flexibility index (Phi) is 2.47. The Morgan fingerprint density at radius 2 is 1.05 bits per heavy atom. The third-order valence-corrected chi connectivity index (χ3v) is 7.21. The van der Waals surface area contributed by atoms with Crippen LogP contribution in [0.5, 0.6) is 0 Å². The number of hydrogen-bond donors (Lipinski definition) is 0. The minimum absolute atomic E-state index is 0.0427. The number of benzene rings is 8. The molecule has 40 heavy (non-hydrogen) atoms. The summed E-state index contributed by atoms with van der Waals surface area (Å²) < 4.78 is 171. The summed E-state index contributed by atoms with van der Waals surface area (Å²) in [5, 5.41) is -2.61. The zero-order valence-corrected chi connectivity index (χ0v) is 21.0. The molecule has 8 aromatic carbocycles. The van der Waals surface area contributed by atoms with Gasteiger partial charge in [0.15, 0.2) is 0 Å². The van der Waals surface area contributed by atoms with Crippen LogP contribution < -0.4 is 0 Å². The molecule has 8 aromatic rings. The van der Waals surface area contributed by atoms with Crippen LogP contribution in [0.3, 0.4) is 0 Å². The van der Waals surface area contributed by atoms with E-state index in [2.05, 4.69) is 0 Å². The van der Waals surface area contributed by atoms with Gasteiger partial charge in [-0.05, 0) is 94.1 Å². The zero-order chi connectivity index (χ0) is 43.2. The van der Waals surface area contributed by atoms with Gasteiger partial charge in [-0.25, -0.2) is 0 Å². The summed E-state index contributed by atoms with van der Waals surface area (Å²) in [6.45, 7) is 1.65. The number of fused-ring (bicyclic) bond motifs is 6. The molecule has 0 spiro atoms. The Hall–Kier alpha value is -4.94. The van der Waals surface area contributed by atoms with E-state index in [1.54, 1.807) is 6.92 Å². The Labute approximate surface area is 260 Å². The molecule has 0 aliphatic carbocycles. The third kappa shape index (κ3) is 3.33. The van der Waals surface area contributed by atoms with E-state index in [9.17, 15) is 12.3 Å². The Morgan fingerprint density at radius 1 is 0.475 bits per heavy atom. The lowest BCUT2D eigenvalue weighted by atomic mass is 9.84. The van der Waals surface area contributed by atoms with Crippen LogP contribution in [0.4, 0.5) is 0 Å². The largest absolute Gasteiger partial charge is 0.0636 e. The van der Waals surface area contributed by atoms with Gasteiger partial charge in [0.1, 0.15) is 0 Å². The Balaban J connectivity index is 1.79. The SMILES string of the molecule is [2H]c1ccc(-c2c3c([2H])c([2H])c([2H])c([2H])c3c(-c3c([2H])c([2H])c([2H])c4c3c([2H])c([2H])c3c(CC)c5c([2H])c([2H])c([2H])c([2H])c5c([2H])c34)c3c([2H])c([2H])c([2H])c([2H])c23)cc1. The van der Waals surface area contributed by atoms with Crippen LogP contribution in [0.25, 0.3) is 76.1 Å². The Bertz CT molecular complexity index is 3200. The Morgan fingerprint density at radius 3 is 1.73 bits per heavy atom. The number of hydrogen-bond acceptors (Lipinski definition) is 0. The molecule has 0 N–H and O–H groups in total. The van der Waals surface area contributed by atoms with Gasteiger partial charge < -0.3 is 0 Å². The molecule has 0 saturated carbocycles. The number of rotatable bonds is 3. The monoisotopic (exact) mass is 527 g/mol. The maximum absolute atomic E-state index is 9.56. The molecule has 0 unspecified atom stereocenters. The minimum Gasteiger partial charge on any atom is -0.0622 e. The van der Waals surface area contributed by atoms with Crippen LogP contribution in [0, 0.1) is 0 Å². The maximum Gasteiger partial charge on any atom is 0.0636 e. The lowest BCUT2D eigenvalue weighted by Gasteiger charge is -2.19. The van der Waals surface area contributed by atoms with E-state index in [1.165, 1.54) is 24.3 Å². The lowest BCUT2D eigenvalue weighted by molar-refractivity contribution is 1.18. The normalized spacial score (nSPS) is 18.4. The van der Waals surface area contributed by atoms with E-state index < -0.39 is 125 Å². The van der Waals surface area contributed by atoms with Gasteiger partial charge in [-0.1, -0.05) is 140 Å². The molecule has 0 heterocycles. The van der Waals surface area contributed by atoms with Gasteiger partial charge in [0.2, 0.25) is 0 Å². The maximum atomic E-state index is 9.56. The average molecular weight is 528 g/mol. The summed E-state index contributed by atoms with van der Waals surface area (Å²) in [4.78, 5) is 0. The predicted octanol–water partition coefficient (Wildman–Crippen LogP) is 11.3. The molecule has 0 aliphatic heterocycles. The van der Waals surface area contributed by atoms with Crippen molar-refractivity contribution in [1.82, 2.24) is 0 Å². The van der Waals surface area contributed by atoms with Crippen molar-refractivity contribution in [2.45, 2.75) is 13.3 Å². The topological polar surface area (TPSA) is 0 Å². The third-order valence-electron chi connectivity index (χ3n) is 7.21. The molecular weight excluding hydrogens is 480 g/mol. The van der Waals surface area contributed by atoms with Gasteiger partial charge >= 0.3 is 0 Å². The van der Waals surface area contributed by atoms with Gasteiger partial charge in [-0.15, -0.1) is 0 Å². The lowest BCUT2D eigenvalue weighted by Crippen LogP contribution is -1.92. The van der Waals surface area contributed by atoms with E-state index in [-0.39, 0.29) is 77.6 Å². The van der Waals surface area contributed by atoms with Crippen LogP contribution in [-0.4, -0.2) is 0 Å². The van der Waals surface area contributed by atoms with Crippen molar-refractivity contribution in [2.75, 3.05) is 0 Å². The highest BCUT2D eigenvalue weighted by molar-refractivity contribution is 6.25. The van der Waals surface area contributed by atoms with Crippen molar-refractivity contribution >= 4 is 53.9 Å². The highest BCUT2D eigenvalue weighted by Gasteiger charge is 2.18. The molecule has 188 valence electrons. The van der Waals surface area contributed by atoms with Crippen LogP contribution in [0.2, 0.25) is 0 Å². The van der Waals surface area contributed by atoms with E-state index >= 15 is 0 Å². The summed E-state index contributed by atoms with van der Waals surface area (Å²) >= 11 is 0. The zero-order valence-electron chi connectivity index (χ0n) is 40.0.